The van der Waals surface area contributed by atoms with Gasteiger partial charge in [0.2, 0.25) is 15.9 Å². The number of ether oxygens (including phenoxy) is 1. The van der Waals surface area contributed by atoms with Gasteiger partial charge in [-0.15, -0.1) is 0 Å². The van der Waals surface area contributed by atoms with E-state index in [0.717, 1.165) is 49.7 Å². The number of rotatable bonds is 6. The molecule has 0 aliphatic carbocycles. The number of anilines is 1. The van der Waals surface area contributed by atoms with Crippen molar-refractivity contribution >= 4 is 21.6 Å². The van der Waals surface area contributed by atoms with Crippen molar-refractivity contribution < 1.29 is 22.3 Å². The molecule has 1 unspecified atom stereocenters. The van der Waals surface area contributed by atoms with E-state index in [9.17, 15) is 17.6 Å². The Morgan fingerprint density at radius 1 is 1.00 bits per heavy atom. The molecule has 2 heterocycles. The van der Waals surface area contributed by atoms with E-state index in [-0.39, 0.29) is 35.9 Å². The molecule has 0 saturated carbocycles. The number of morpholine rings is 1. The van der Waals surface area contributed by atoms with Gasteiger partial charge in [0.15, 0.2) is 0 Å². The fraction of sp³-hybridized carbons (Fsp3) is 0.458. The maximum Gasteiger partial charge on any atom is 0.243 e. The van der Waals surface area contributed by atoms with E-state index in [0.29, 0.717) is 12.8 Å². The highest BCUT2D eigenvalue weighted by atomic mass is 32.2. The van der Waals surface area contributed by atoms with Crippen LogP contribution in [-0.2, 0) is 19.6 Å². The van der Waals surface area contributed by atoms with Gasteiger partial charge in [0.1, 0.15) is 5.82 Å². The Balaban J connectivity index is 1.30. The largest absolute Gasteiger partial charge is 0.378 e. The quantitative estimate of drug-likeness (QED) is 0.695. The smallest absolute Gasteiger partial charge is 0.243 e. The van der Waals surface area contributed by atoms with E-state index in [1.54, 1.807) is 0 Å². The third-order valence-electron chi connectivity index (χ3n) is 6.40. The van der Waals surface area contributed by atoms with E-state index in [1.807, 2.05) is 19.1 Å². The van der Waals surface area contributed by atoms with Crippen LogP contribution in [0.25, 0.3) is 0 Å². The number of halogens is 1. The van der Waals surface area contributed by atoms with E-state index < -0.39 is 15.8 Å². The Bertz CT molecular complexity index is 1050. The molecule has 0 spiro atoms. The maximum atomic E-state index is 13.1. The molecule has 0 bridgehead atoms. The maximum absolute atomic E-state index is 13.1. The molecule has 1 amide bonds. The van der Waals surface area contributed by atoms with Crippen LogP contribution in [0.5, 0.6) is 0 Å². The SMILES string of the molecule is CC(NC(=O)C1CCN(S(=O)(=O)c2ccc(F)cc2)CC1)c1ccc(N2CCOCC2)cc1. The van der Waals surface area contributed by atoms with Crippen LogP contribution in [0.1, 0.15) is 31.4 Å². The highest BCUT2D eigenvalue weighted by Crippen LogP contribution is 2.26. The van der Waals surface area contributed by atoms with E-state index in [1.165, 1.54) is 16.4 Å². The number of carbonyl (C=O) groups excluding carboxylic acids is 1. The summed E-state index contributed by atoms with van der Waals surface area (Å²) >= 11 is 0. The zero-order valence-corrected chi connectivity index (χ0v) is 19.6. The van der Waals surface area contributed by atoms with E-state index in [4.69, 9.17) is 4.74 Å². The first-order chi connectivity index (χ1) is 15.8. The molecule has 178 valence electrons. The lowest BCUT2D eigenvalue weighted by atomic mass is 9.96. The lowest BCUT2D eigenvalue weighted by Crippen LogP contribution is -2.43. The molecule has 2 aromatic carbocycles. The van der Waals surface area contributed by atoms with Crippen molar-refractivity contribution in [3.8, 4) is 0 Å². The minimum atomic E-state index is -3.68. The van der Waals surface area contributed by atoms with Gasteiger partial charge in [-0.3, -0.25) is 4.79 Å². The van der Waals surface area contributed by atoms with Gasteiger partial charge in [-0.2, -0.15) is 4.31 Å². The first kappa shape index (κ1) is 23.7. The van der Waals surface area contributed by atoms with Crippen LogP contribution in [-0.4, -0.2) is 58.0 Å². The van der Waals surface area contributed by atoms with Crippen LogP contribution in [0, 0.1) is 11.7 Å². The van der Waals surface area contributed by atoms with Crippen molar-refractivity contribution in [3.63, 3.8) is 0 Å². The van der Waals surface area contributed by atoms with Gasteiger partial charge in [0.05, 0.1) is 24.2 Å². The Hall–Kier alpha value is -2.49. The Morgan fingerprint density at radius 2 is 1.61 bits per heavy atom. The van der Waals surface area contributed by atoms with Gasteiger partial charge in [0, 0.05) is 37.8 Å². The fourth-order valence-electron chi connectivity index (χ4n) is 4.32. The van der Waals surface area contributed by atoms with Crippen molar-refractivity contribution in [2.45, 2.75) is 30.7 Å². The van der Waals surface area contributed by atoms with E-state index >= 15 is 0 Å². The van der Waals surface area contributed by atoms with Crippen molar-refractivity contribution in [1.29, 1.82) is 0 Å². The average Bonchev–Trinajstić information content (AvgIpc) is 2.85. The second kappa shape index (κ2) is 10.2. The number of piperidine rings is 1. The molecule has 2 fully saturated rings. The fourth-order valence-corrected chi connectivity index (χ4v) is 5.79. The second-order valence-corrected chi connectivity index (χ2v) is 10.5. The zero-order chi connectivity index (χ0) is 23.4. The molecule has 1 atom stereocenters. The summed E-state index contributed by atoms with van der Waals surface area (Å²) in [6.07, 6.45) is 0.907. The van der Waals surface area contributed by atoms with Crippen molar-refractivity contribution in [2.24, 2.45) is 5.92 Å². The number of hydrogen-bond acceptors (Lipinski definition) is 5. The number of benzene rings is 2. The second-order valence-electron chi connectivity index (χ2n) is 8.55. The minimum Gasteiger partial charge on any atom is -0.378 e. The molecule has 7 nitrogen and oxygen atoms in total. The summed E-state index contributed by atoms with van der Waals surface area (Å²) in [7, 11) is -3.68. The van der Waals surface area contributed by atoms with Gasteiger partial charge < -0.3 is 15.0 Å². The summed E-state index contributed by atoms with van der Waals surface area (Å²) in [4.78, 5) is 15.2. The molecule has 9 heteroatoms. The Labute approximate surface area is 194 Å². The van der Waals surface area contributed by atoms with Gasteiger partial charge in [-0.25, -0.2) is 12.8 Å². The molecule has 33 heavy (non-hydrogen) atoms. The normalized spacial score (nSPS) is 19.3. The summed E-state index contributed by atoms with van der Waals surface area (Å²) in [5.41, 5.74) is 2.17. The molecule has 4 rings (SSSR count). The molecule has 0 aromatic heterocycles. The minimum absolute atomic E-state index is 0.0569. The predicted octanol–water partition coefficient (Wildman–Crippen LogP) is 2.94. The van der Waals surface area contributed by atoms with Crippen molar-refractivity contribution in [3.05, 3.63) is 59.9 Å². The van der Waals surface area contributed by atoms with E-state index in [2.05, 4.69) is 22.3 Å². The van der Waals surface area contributed by atoms with Gasteiger partial charge in [-0.1, -0.05) is 12.1 Å². The van der Waals surface area contributed by atoms with Crippen LogP contribution in [0.4, 0.5) is 10.1 Å². The number of amides is 1. The molecular weight excluding hydrogens is 445 g/mol. The third-order valence-corrected chi connectivity index (χ3v) is 8.32. The Kier molecular flexibility index (Phi) is 7.31. The van der Waals surface area contributed by atoms with Crippen molar-refractivity contribution in [1.82, 2.24) is 9.62 Å². The first-order valence-corrected chi connectivity index (χ1v) is 12.8. The monoisotopic (exact) mass is 475 g/mol. The van der Waals surface area contributed by atoms with Crippen LogP contribution in [0.2, 0.25) is 0 Å². The van der Waals surface area contributed by atoms with Crippen LogP contribution >= 0.6 is 0 Å². The van der Waals surface area contributed by atoms with Gasteiger partial charge in [0.25, 0.3) is 0 Å². The topological polar surface area (TPSA) is 79.0 Å². The summed E-state index contributed by atoms with van der Waals surface area (Å²) in [6.45, 7) is 5.70. The molecule has 2 aliphatic heterocycles. The standard InChI is InChI=1S/C24H30FN3O4S/c1-18(19-2-6-22(7-3-19)27-14-16-32-17-15-27)26-24(29)20-10-12-28(13-11-20)33(30,31)23-8-4-21(25)5-9-23/h2-9,18,20H,10-17H2,1H3,(H,26,29). The highest BCUT2D eigenvalue weighted by molar-refractivity contribution is 7.89. The summed E-state index contributed by atoms with van der Waals surface area (Å²) < 4.78 is 45.4. The average molecular weight is 476 g/mol. The Morgan fingerprint density at radius 3 is 2.21 bits per heavy atom. The van der Waals surface area contributed by atoms with Crippen LogP contribution in [0.3, 0.4) is 0 Å². The van der Waals surface area contributed by atoms with Crippen LogP contribution in [0.15, 0.2) is 53.4 Å². The summed E-state index contributed by atoms with van der Waals surface area (Å²) in [5, 5.41) is 3.07. The number of nitrogens with zero attached hydrogens (tertiary/aromatic N) is 2. The lowest BCUT2D eigenvalue weighted by molar-refractivity contribution is -0.126. The lowest BCUT2D eigenvalue weighted by Gasteiger charge is -2.31. The number of sulfonamides is 1. The summed E-state index contributed by atoms with van der Waals surface area (Å²) in [6, 6.07) is 12.9. The van der Waals surface area contributed by atoms with Crippen LogP contribution < -0.4 is 10.2 Å². The number of hydrogen-bond donors (Lipinski definition) is 1. The molecule has 0 radical (unpaired) electrons. The third kappa shape index (κ3) is 5.54. The van der Waals surface area contributed by atoms with Crippen molar-refractivity contribution in [2.75, 3.05) is 44.3 Å². The first-order valence-electron chi connectivity index (χ1n) is 11.3. The molecular formula is C24H30FN3O4S. The van der Waals surface area contributed by atoms with Gasteiger partial charge >= 0.3 is 0 Å². The van der Waals surface area contributed by atoms with Gasteiger partial charge in [-0.05, 0) is 61.7 Å². The molecule has 1 N–H and O–H groups in total. The highest BCUT2D eigenvalue weighted by Gasteiger charge is 2.32. The predicted molar refractivity (Wildman–Crippen MR) is 124 cm³/mol. The zero-order valence-electron chi connectivity index (χ0n) is 18.7. The molecule has 2 aromatic rings. The number of carbonyl (C=O) groups is 1. The summed E-state index contributed by atoms with van der Waals surface area (Å²) in [5.74, 6) is -0.771. The molecule has 2 saturated heterocycles. The number of nitrogens with one attached hydrogen (secondary N) is 1. The molecule has 2 aliphatic rings.